The van der Waals surface area contributed by atoms with Crippen LogP contribution in [0.15, 0.2) is 71.6 Å². The summed E-state index contributed by atoms with van der Waals surface area (Å²) in [6.07, 6.45) is 0. The Morgan fingerprint density at radius 1 is 0.857 bits per heavy atom. The molecule has 1 aliphatic heterocycles. The van der Waals surface area contributed by atoms with Gasteiger partial charge in [0.05, 0.1) is 5.69 Å². The second kappa shape index (κ2) is 4.93. The molecule has 1 aliphatic rings. The summed E-state index contributed by atoms with van der Waals surface area (Å²) in [5.74, 6) is 0.0500. The predicted octanol–water partition coefficient (Wildman–Crippen LogP) is 4.63. The van der Waals surface area contributed by atoms with Gasteiger partial charge in [0.15, 0.2) is 0 Å². The van der Waals surface area contributed by atoms with Crippen molar-refractivity contribution in [2.45, 2.75) is 10.1 Å². The summed E-state index contributed by atoms with van der Waals surface area (Å²) >= 11 is 1.64. The van der Waals surface area contributed by atoms with Crippen LogP contribution in [0.2, 0.25) is 0 Å². The number of amides is 1. The van der Waals surface area contributed by atoms with Gasteiger partial charge < -0.3 is 5.32 Å². The second-order valence-electron chi connectivity index (χ2n) is 5.06. The fraction of sp³-hybridized carbons (Fsp3) is 0.0556. The Hall–Kier alpha value is -2.26. The molecule has 4 rings (SSSR count). The number of thioether (sulfide) groups is 1. The maximum Gasteiger partial charge on any atom is 0.242 e. The molecule has 1 unspecified atom stereocenters. The molecule has 3 aromatic carbocycles. The van der Waals surface area contributed by atoms with Gasteiger partial charge in [-0.3, -0.25) is 4.79 Å². The van der Waals surface area contributed by atoms with E-state index in [0.717, 1.165) is 16.1 Å². The highest BCUT2D eigenvalue weighted by Crippen LogP contribution is 2.46. The molecular formula is C18H13NOS. The van der Waals surface area contributed by atoms with Gasteiger partial charge in [0.2, 0.25) is 5.91 Å². The van der Waals surface area contributed by atoms with Crippen LogP contribution in [0.3, 0.4) is 0 Å². The lowest BCUT2D eigenvalue weighted by molar-refractivity contribution is -0.115. The number of benzene rings is 3. The summed E-state index contributed by atoms with van der Waals surface area (Å²) in [6, 6.07) is 22.3. The SMILES string of the molecule is O=C1Nc2ccc3ccccc3c2SC1c1ccccc1. The van der Waals surface area contributed by atoms with E-state index in [-0.39, 0.29) is 11.2 Å². The smallest absolute Gasteiger partial charge is 0.242 e. The molecule has 1 heterocycles. The number of hydrogen-bond acceptors (Lipinski definition) is 2. The molecule has 0 fully saturated rings. The molecule has 1 atom stereocenters. The number of fused-ring (bicyclic) bond motifs is 3. The second-order valence-corrected chi connectivity index (χ2v) is 6.18. The molecule has 0 spiro atoms. The van der Waals surface area contributed by atoms with Gasteiger partial charge >= 0.3 is 0 Å². The zero-order chi connectivity index (χ0) is 14.2. The van der Waals surface area contributed by atoms with Crippen LogP contribution in [0.25, 0.3) is 10.8 Å². The fourth-order valence-corrected chi connectivity index (χ4v) is 3.94. The summed E-state index contributed by atoms with van der Waals surface area (Å²) in [5, 5.41) is 5.25. The van der Waals surface area contributed by atoms with Crippen molar-refractivity contribution in [3.05, 3.63) is 72.3 Å². The zero-order valence-electron chi connectivity index (χ0n) is 11.2. The Morgan fingerprint density at radius 2 is 1.62 bits per heavy atom. The lowest BCUT2D eigenvalue weighted by Gasteiger charge is -2.25. The van der Waals surface area contributed by atoms with E-state index >= 15 is 0 Å². The van der Waals surface area contributed by atoms with Gasteiger partial charge in [-0.2, -0.15) is 0 Å². The van der Waals surface area contributed by atoms with Crippen LogP contribution in [0.5, 0.6) is 0 Å². The van der Waals surface area contributed by atoms with Crippen molar-refractivity contribution in [2.24, 2.45) is 0 Å². The molecule has 0 aromatic heterocycles. The first-order valence-electron chi connectivity index (χ1n) is 6.87. The van der Waals surface area contributed by atoms with Crippen molar-refractivity contribution >= 4 is 34.1 Å². The van der Waals surface area contributed by atoms with Crippen LogP contribution in [0.1, 0.15) is 10.8 Å². The monoisotopic (exact) mass is 291 g/mol. The first kappa shape index (κ1) is 12.5. The van der Waals surface area contributed by atoms with E-state index in [1.165, 1.54) is 10.8 Å². The van der Waals surface area contributed by atoms with E-state index in [2.05, 4.69) is 23.5 Å². The Labute approximate surface area is 127 Å². The van der Waals surface area contributed by atoms with Crippen LogP contribution >= 0.6 is 11.8 Å². The van der Waals surface area contributed by atoms with Gasteiger partial charge in [-0.25, -0.2) is 0 Å². The molecule has 0 saturated carbocycles. The third-order valence-electron chi connectivity index (χ3n) is 3.71. The molecule has 0 saturated heterocycles. The lowest BCUT2D eigenvalue weighted by Crippen LogP contribution is -2.23. The molecular weight excluding hydrogens is 278 g/mol. The summed E-state index contributed by atoms with van der Waals surface area (Å²) in [5.41, 5.74) is 1.95. The molecule has 0 radical (unpaired) electrons. The Bertz CT molecular complexity index is 829. The number of rotatable bonds is 1. The van der Waals surface area contributed by atoms with E-state index in [9.17, 15) is 4.79 Å². The van der Waals surface area contributed by atoms with Gasteiger partial charge in [0.25, 0.3) is 0 Å². The molecule has 21 heavy (non-hydrogen) atoms. The maximum atomic E-state index is 12.4. The zero-order valence-corrected chi connectivity index (χ0v) is 12.1. The number of carbonyl (C=O) groups excluding carboxylic acids is 1. The van der Waals surface area contributed by atoms with Crippen LogP contribution in [-0.2, 0) is 4.79 Å². The van der Waals surface area contributed by atoms with Crippen LogP contribution in [0.4, 0.5) is 5.69 Å². The predicted molar refractivity (Wildman–Crippen MR) is 87.6 cm³/mol. The van der Waals surface area contributed by atoms with E-state index in [1.54, 1.807) is 11.8 Å². The summed E-state index contributed by atoms with van der Waals surface area (Å²) in [7, 11) is 0. The van der Waals surface area contributed by atoms with Crippen LogP contribution in [-0.4, -0.2) is 5.91 Å². The molecule has 3 aromatic rings. The van der Waals surface area contributed by atoms with Gasteiger partial charge in [-0.15, -0.1) is 11.8 Å². The highest BCUT2D eigenvalue weighted by Gasteiger charge is 2.29. The largest absolute Gasteiger partial charge is 0.324 e. The van der Waals surface area contributed by atoms with Crippen molar-refractivity contribution in [2.75, 3.05) is 5.32 Å². The van der Waals surface area contributed by atoms with E-state index < -0.39 is 0 Å². The first-order valence-corrected chi connectivity index (χ1v) is 7.75. The highest BCUT2D eigenvalue weighted by atomic mass is 32.2. The van der Waals surface area contributed by atoms with Crippen molar-refractivity contribution in [3.63, 3.8) is 0 Å². The Morgan fingerprint density at radius 3 is 2.48 bits per heavy atom. The number of hydrogen-bond donors (Lipinski definition) is 1. The fourth-order valence-electron chi connectivity index (χ4n) is 2.69. The third-order valence-corrected chi connectivity index (χ3v) is 5.11. The molecule has 102 valence electrons. The molecule has 0 bridgehead atoms. The van der Waals surface area contributed by atoms with E-state index in [4.69, 9.17) is 0 Å². The van der Waals surface area contributed by atoms with Gasteiger partial charge in [0.1, 0.15) is 5.25 Å². The van der Waals surface area contributed by atoms with Crippen LogP contribution < -0.4 is 5.32 Å². The van der Waals surface area contributed by atoms with Crippen LogP contribution in [0, 0.1) is 0 Å². The quantitative estimate of drug-likeness (QED) is 0.708. The summed E-state index contributed by atoms with van der Waals surface area (Å²) < 4.78 is 0. The standard InChI is InChI=1S/C18H13NOS/c20-18-16(13-7-2-1-3-8-13)21-17-14-9-5-4-6-12(14)10-11-15(17)19-18/h1-11,16H,(H,19,20). The van der Waals surface area contributed by atoms with Gasteiger partial charge in [-0.05, 0) is 22.4 Å². The van der Waals surface area contributed by atoms with E-state index in [0.29, 0.717) is 0 Å². The van der Waals surface area contributed by atoms with Crippen molar-refractivity contribution < 1.29 is 4.79 Å². The molecule has 0 aliphatic carbocycles. The minimum Gasteiger partial charge on any atom is -0.324 e. The van der Waals surface area contributed by atoms with Crippen molar-refractivity contribution in [1.29, 1.82) is 0 Å². The topological polar surface area (TPSA) is 29.1 Å². The summed E-state index contributed by atoms with van der Waals surface area (Å²) in [6.45, 7) is 0. The van der Waals surface area contributed by atoms with Crippen molar-refractivity contribution in [3.8, 4) is 0 Å². The van der Waals surface area contributed by atoms with Gasteiger partial charge in [0, 0.05) is 4.90 Å². The van der Waals surface area contributed by atoms with E-state index in [1.807, 2.05) is 48.5 Å². The number of anilines is 1. The van der Waals surface area contributed by atoms with Gasteiger partial charge in [-0.1, -0.05) is 60.7 Å². The molecule has 2 nitrogen and oxygen atoms in total. The minimum atomic E-state index is -0.190. The Kier molecular flexibility index (Phi) is 2.93. The lowest BCUT2D eigenvalue weighted by atomic mass is 10.1. The number of carbonyl (C=O) groups is 1. The average Bonchev–Trinajstić information content (AvgIpc) is 2.55. The summed E-state index contributed by atoms with van der Waals surface area (Å²) in [4.78, 5) is 13.5. The minimum absolute atomic E-state index is 0.0500. The highest BCUT2D eigenvalue weighted by molar-refractivity contribution is 8.00. The normalized spacial score (nSPS) is 17.3. The molecule has 3 heteroatoms. The maximum absolute atomic E-state index is 12.4. The Balaban J connectivity index is 1.85. The average molecular weight is 291 g/mol. The first-order chi connectivity index (χ1) is 10.3. The number of nitrogens with one attached hydrogen (secondary N) is 1. The molecule has 1 amide bonds. The van der Waals surface area contributed by atoms with Crippen molar-refractivity contribution in [1.82, 2.24) is 0 Å². The third kappa shape index (κ3) is 2.10. The molecule has 1 N–H and O–H groups in total.